The molecular weight excluding hydrogens is 356 g/mol. The molecule has 5 rings (SSSR count). The molecule has 0 unspecified atom stereocenters. The van der Waals surface area contributed by atoms with E-state index in [2.05, 4.69) is 31.8 Å². The topological polar surface area (TPSA) is 40.5 Å². The SMILES string of the molecule is C[C@]12CC[C@@H](O)CC1=CC[C@@H]1[C@H]3CC[C@@](O)(C#Cc4ccccc4)[C@@]3(C)CC[C@@H]12. The minimum Gasteiger partial charge on any atom is -0.393 e. The maximum absolute atomic E-state index is 11.7. The maximum Gasteiger partial charge on any atom is 0.131 e. The van der Waals surface area contributed by atoms with E-state index in [0.717, 1.165) is 50.5 Å². The fraction of sp³-hybridized carbons (Fsp3) is 0.630. The molecule has 0 spiro atoms. The van der Waals surface area contributed by atoms with Gasteiger partial charge >= 0.3 is 0 Å². The van der Waals surface area contributed by atoms with Crippen molar-refractivity contribution in [2.24, 2.45) is 28.6 Å². The largest absolute Gasteiger partial charge is 0.393 e. The van der Waals surface area contributed by atoms with Crippen molar-refractivity contribution in [3.05, 3.63) is 47.5 Å². The second-order valence-electron chi connectivity index (χ2n) is 10.6. The van der Waals surface area contributed by atoms with Crippen LogP contribution in [0.4, 0.5) is 0 Å². The molecule has 2 heteroatoms. The summed E-state index contributed by atoms with van der Waals surface area (Å²) in [6.45, 7) is 4.77. The number of aliphatic hydroxyl groups is 2. The summed E-state index contributed by atoms with van der Waals surface area (Å²) in [5.74, 6) is 8.49. The summed E-state index contributed by atoms with van der Waals surface area (Å²) in [6, 6.07) is 10.1. The van der Waals surface area contributed by atoms with E-state index >= 15 is 0 Å². The summed E-state index contributed by atoms with van der Waals surface area (Å²) >= 11 is 0. The van der Waals surface area contributed by atoms with Crippen molar-refractivity contribution in [2.75, 3.05) is 0 Å². The Kier molecular flexibility index (Phi) is 4.50. The molecule has 3 fully saturated rings. The summed E-state index contributed by atoms with van der Waals surface area (Å²) < 4.78 is 0. The van der Waals surface area contributed by atoms with Crippen molar-refractivity contribution >= 4 is 0 Å². The lowest BCUT2D eigenvalue weighted by molar-refractivity contribution is -0.0970. The molecule has 0 aliphatic heterocycles. The Bertz CT molecular complexity index is 877. The summed E-state index contributed by atoms with van der Waals surface area (Å²) in [6.07, 6.45) is 10.5. The first-order valence-corrected chi connectivity index (χ1v) is 11.5. The molecule has 154 valence electrons. The van der Waals surface area contributed by atoms with Crippen LogP contribution in [0.15, 0.2) is 42.0 Å². The van der Waals surface area contributed by atoms with Crippen molar-refractivity contribution < 1.29 is 10.2 Å². The average Bonchev–Trinajstić information content (AvgIpc) is 2.99. The van der Waals surface area contributed by atoms with Gasteiger partial charge in [-0.1, -0.05) is 55.5 Å². The fourth-order valence-electron chi connectivity index (χ4n) is 7.56. The summed E-state index contributed by atoms with van der Waals surface area (Å²) in [4.78, 5) is 0. The molecule has 4 aliphatic rings. The van der Waals surface area contributed by atoms with E-state index in [-0.39, 0.29) is 16.9 Å². The van der Waals surface area contributed by atoms with E-state index in [0.29, 0.717) is 17.8 Å². The molecule has 0 amide bonds. The van der Waals surface area contributed by atoms with Gasteiger partial charge in [0.1, 0.15) is 5.60 Å². The number of rotatable bonds is 0. The summed E-state index contributed by atoms with van der Waals surface area (Å²) in [5, 5.41) is 21.9. The first kappa shape index (κ1) is 19.4. The molecule has 3 saturated carbocycles. The highest BCUT2D eigenvalue weighted by molar-refractivity contribution is 5.38. The van der Waals surface area contributed by atoms with Crippen LogP contribution in [0.2, 0.25) is 0 Å². The van der Waals surface area contributed by atoms with Gasteiger partial charge < -0.3 is 10.2 Å². The third-order valence-electron chi connectivity index (χ3n) is 9.42. The zero-order chi connectivity index (χ0) is 20.3. The maximum atomic E-state index is 11.7. The van der Waals surface area contributed by atoms with E-state index in [4.69, 9.17) is 0 Å². The number of allylic oxidation sites excluding steroid dienone is 1. The van der Waals surface area contributed by atoms with E-state index in [9.17, 15) is 10.2 Å². The van der Waals surface area contributed by atoms with Crippen LogP contribution in [0.3, 0.4) is 0 Å². The highest BCUT2D eigenvalue weighted by atomic mass is 16.3. The number of fused-ring (bicyclic) bond motifs is 5. The van der Waals surface area contributed by atoms with Gasteiger partial charge in [-0.3, -0.25) is 0 Å². The number of aliphatic hydroxyl groups excluding tert-OH is 1. The first-order chi connectivity index (χ1) is 13.9. The number of hydrogen-bond acceptors (Lipinski definition) is 2. The molecule has 29 heavy (non-hydrogen) atoms. The minimum absolute atomic E-state index is 0.119. The predicted molar refractivity (Wildman–Crippen MR) is 116 cm³/mol. The Morgan fingerprint density at radius 3 is 2.52 bits per heavy atom. The lowest BCUT2D eigenvalue weighted by atomic mass is 9.47. The van der Waals surface area contributed by atoms with Gasteiger partial charge in [0.2, 0.25) is 0 Å². The molecule has 4 aliphatic carbocycles. The third-order valence-corrected chi connectivity index (χ3v) is 9.42. The van der Waals surface area contributed by atoms with Gasteiger partial charge in [-0.25, -0.2) is 0 Å². The molecule has 1 aromatic rings. The highest BCUT2D eigenvalue weighted by Gasteiger charge is 2.63. The van der Waals surface area contributed by atoms with Crippen LogP contribution in [0.1, 0.15) is 70.8 Å². The quantitative estimate of drug-likeness (QED) is 0.478. The average molecular weight is 391 g/mol. The fourth-order valence-corrected chi connectivity index (χ4v) is 7.56. The van der Waals surface area contributed by atoms with Gasteiger partial charge in [0.25, 0.3) is 0 Å². The third kappa shape index (κ3) is 2.85. The smallest absolute Gasteiger partial charge is 0.131 e. The summed E-state index contributed by atoms with van der Waals surface area (Å²) in [5.41, 5.74) is 1.75. The molecule has 2 nitrogen and oxygen atoms in total. The molecule has 0 bridgehead atoms. The Morgan fingerprint density at radius 1 is 0.966 bits per heavy atom. The summed E-state index contributed by atoms with van der Waals surface area (Å²) in [7, 11) is 0. The van der Waals surface area contributed by atoms with Crippen LogP contribution in [0.5, 0.6) is 0 Å². The number of hydrogen-bond donors (Lipinski definition) is 2. The second-order valence-corrected chi connectivity index (χ2v) is 10.6. The Hall–Kier alpha value is -1.56. The molecule has 0 heterocycles. The molecule has 0 saturated heterocycles. The van der Waals surface area contributed by atoms with Crippen LogP contribution in [0, 0.1) is 40.4 Å². The van der Waals surface area contributed by atoms with Crippen molar-refractivity contribution in [1.29, 1.82) is 0 Å². The van der Waals surface area contributed by atoms with Crippen molar-refractivity contribution in [2.45, 2.75) is 76.9 Å². The Labute approximate surface area is 175 Å². The predicted octanol–water partition coefficient (Wildman–Crippen LogP) is 5.09. The van der Waals surface area contributed by atoms with Crippen LogP contribution >= 0.6 is 0 Å². The van der Waals surface area contributed by atoms with Gasteiger partial charge in [-0.15, -0.1) is 0 Å². The van der Waals surface area contributed by atoms with Gasteiger partial charge in [-0.2, -0.15) is 0 Å². The van der Waals surface area contributed by atoms with Gasteiger partial charge in [0.05, 0.1) is 6.10 Å². The van der Waals surface area contributed by atoms with Gasteiger partial charge in [-0.05, 0) is 86.7 Å². The zero-order valence-corrected chi connectivity index (χ0v) is 17.8. The zero-order valence-electron chi connectivity index (χ0n) is 17.8. The van der Waals surface area contributed by atoms with E-state index in [1.807, 2.05) is 30.3 Å². The highest BCUT2D eigenvalue weighted by Crippen LogP contribution is 2.67. The molecule has 1 aromatic carbocycles. The molecule has 2 N–H and O–H groups in total. The van der Waals surface area contributed by atoms with Crippen molar-refractivity contribution in [3.8, 4) is 11.8 Å². The van der Waals surface area contributed by atoms with E-state index in [1.54, 1.807) is 0 Å². The van der Waals surface area contributed by atoms with E-state index in [1.165, 1.54) is 12.0 Å². The van der Waals surface area contributed by atoms with Gasteiger partial charge in [0.15, 0.2) is 0 Å². The second kappa shape index (κ2) is 6.73. The van der Waals surface area contributed by atoms with Crippen LogP contribution in [0.25, 0.3) is 0 Å². The first-order valence-electron chi connectivity index (χ1n) is 11.5. The molecule has 0 radical (unpaired) electrons. The van der Waals surface area contributed by atoms with E-state index < -0.39 is 5.60 Å². The lowest BCUT2D eigenvalue weighted by Crippen LogP contribution is -2.54. The normalized spacial score (nSPS) is 45.9. The van der Waals surface area contributed by atoms with Crippen molar-refractivity contribution in [1.82, 2.24) is 0 Å². The minimum atomic E-state index is -0.883. The lowest BCUT2D eigenvalue weighted by Gasteiger charge is -2.58. The monoisotopic (exact) mass is 390 g/mol. The van der Waals surface area contributed by atoms with Crippen LogP contribution in [-0.4, -0.2) is 21.9 Å². The van der Waals surface area contributed by atoms with Crippen molar-refractivity contribution in [3.63, 3.8) is 0 Å². The standard InChI is InChI=1S/C27H34O2/c1-25-14-11-21(28)18-20(25)8-9-22-23(25)12-15-26(2)24(22)13-17-27(26,29)16-10-19-6-4-3-5-7-19/h3-8,21-24,28-29H,9,11-15,17-18H2,1-2H3/t21-,22+,23+,24-,25+,26+,27+/m1/s1. The Morgan fingerprint density at radius 2 is 1.72 bits per heavy atom. The molecule has 0 aromatic heterocycles. The Balaban J connectivity index is 1.45. The number of benzene rings is 1. The van der Waals surface area contributed by atoms with Gasteiger partial charge in [0, 0.05) is 11.0 Å². The molecule has 7 atom stereocenters. The van der Waals surface area contributed by atoms with Crippen LogP contribution < -0.4 is 0 Å². The van der Waals surface area contributed by atoms with Crippen LogP contribution in [-0.2, 0) is 0 Å². The molecular formula is C27H34O2.